The van der Waals surface area contributed by atoms with Crippen LogP contribution >= 0.6 is 12.4 Å². The number of hydrogen-bond donors (Lipinski definition) is 1. The fourth-order valence-electron chi connectivity index (χ4n) is 2.79. The Kier molecular flexibility index (Phi) is 5.95. The van der Waals surface area contributed by atoms with Gasteiger partial charge in [0.05, 0.1) is 6.10 Å². The normalized spacial score (nSPS) is 37.0. The van der Waals surface area contributed by atoms with Gasteiger partial charge >= 0.3 is 0 Å². The minimum atomic E-state index is 0. The molecule has 0 aromatic rings. The molecule has 90 valence electrons. The van der Waals surface area contributed by atoms with Gasteiger partial charge in [0.25, 0.3) is 0 Å². The van der Waals surface area contributed by atoms with Gasteiger partial charge in [-0.25, -0.2) is 0 Å². The van der Waals surface area contributed by atoms with Crippen LogP contribution in [0.5, 0.6) is 0 Å². The molecule has 1 unspecified atom stereocenters. The van der Waals surface area contributed by atoms with E-state index in [4.69, 9.17) is 10.5 Å². The standard InChI is InChI=1S/C12H23NO.ClH/c13-11-6-4-10(5-7-11)9-12-3-1-2-8-14-12;/h10-12H,1-9,13H2;1H. The van der Waals surface area contributed by atoms with Gasteiger partial charge in [0.2, 0.25) is 0 Å². The van der Waals surface area contributed by atoms with Gasteiger partial charge in [-0.05, 0) is 57.3 Å². The minimum absolute atomic E-state index is 0. The van der Waals surface area contributed by atoms with E-state index in [2.05, 4.69) is 0 Å². The zero-order chi connectivity index (χ0) is 9.80. The molecule has 0 radical (unpaired) electrons. The van der Waals surface area contributed by atoms with Crippen LogP contribution in [0.2, 0.25) is 0 Å². The van der Waals surface area contributed by atoms with E-state index in [0.717, 1.165) is 12.5 Å². The van der Waals surface area contributed by atoms with E-state index < -0.39 is 0 Å². The summed E-state index contributed by atoms with van der Waals surface area (Å²) in [6.45, 7) is 0.997. The van der Waals surface area contributed by atoms with Crippen molar-refractivity contribution in [3.63, 3.8) is 0 Å². The zero-order valence-corrected chi connectivity index (χ0v) is 10.3. The van der Waals surface area contributed by atoms with Gasteiger partial charge in [-0.2, -0.15) is 0 Å². The van der Waals surface area contributed by atoms with Crippen molar-refractivity contribution in [1.82, 2.24) is 0 Å². The molecule has 2 fully saturated rings. The zero-order valence-electron chi connectivity index (χ0n) is 9.49. The van der Waals surface area contributed by atoms with Crippen LogP contribution in [-0.4, -0.2) is 18.8 Å². The quantitative estimate of drug-likeness (QED) is 0.796. The van der Waals surface area contributed by atoms with Crippen molar-refractivity contribution in [1.29, 1.82) is 0 Å². The number of halogens is 1. The molecule has 0 aromatic carbocycles. The molecule has 1 aliphatic heterocycles. The number of rotatable bonds is 2. The van der Waals surface area contributed by atoms with Gasteiger partial charge in [0, 0.05) is 12.6 Å². The molecule has 0 amide bonds. The molecule has 1 saturated heterocycles. The maximum absolute atomic E-state index is 5.90. The lowest BCUT2D eigenvalue weighted by Crippen LogP contribution is -2.29. The Hall–Kier alpha value is 0.210. The third-order valence-corrected chi connectivity index (χ3v) is 3.76. The molecule has 2 rings (SSSR count). The maximum Gasteiger partial charge on any atom is 0.0577 e. The highest BCUT2D eigenvalue weighted by atomic mass is 35.5. The first kappa shape index (κ1) is 13.3. The smallest absolute Gasteiger partial charge is 0.0577 e. The molecule has 1 saturated carbocycles. The third-order valence-electron chi connectivity index (χ3n) is 3.76. The molecule has 1 aliphatic carbocycles. The van der Waals surface area contributed by atoms with Crippen LogP contribution in [0.15, 0.2) is 0 Å². The number of nitrogens with two attached hydrogens (primary N) is 1. The van der Waals surface area contributed by atoms with E-state index in [1.807, 2.05) is 0 Å². The summed E-state index contributed by atoms with van der Waals surface area (Å²) in [5, 5.41) is 0. The molecular weight excluding hydrogens is 210 g/mol. The first-order valence-corrected chi connectivity index (χ1v) is 6.22. The Labute approximate surface area is 99.3 Å². The van der Waals surface area contributed by atoms with Crippen LogP contribution in [0.4, 0.5) is 0 Å². The first-order chi connectivity index (χ1) is 6.84. The van der Waals surface area contributed by atoms with Crippen LogP contribution in [0, 0.1) is 5.92 Å². The molecule has 2 nitrogen and oxygen atoms in total. The van der Waals surface area contributed by atoms with Crippen LogP contribution in [0.1, 0.15) is 51.4 Å². The highest BCUT2D eigenvalue weighted by Gasteiger charge is 2.23. The summed E-state index contributed by atoms with van der Waals surface area (Å²) in [7, 11) is 0. The predicted molar refractivity (Wildman–Crippen MR) is 65.4 cm³/mol. The van der Waals surface area contributed by atoms with Crippen molar-refractivity contribution in [3.05, 3.63) is 0 Å². The van der Waals surface area contributed by atoms with Crippen molar-refractivity contribution >= 4 is 12.4 Å². The summed E-state index contributed by atoms with van der Waals surface area (Å²) in [5.41, 5.74) is 5.90. The van der Waals surface area contributed by atoms with Crippen LogP contribution in [0.25, 0.3) is 0 Å². The average molecular weight is 234 g/mol. The van der Waals surface area contributed by atoms with E-state index in [1.54, 1.807) is 0 Å². The first-order valence-electron chi connectivity index (χ1n) is 6.22. The number of ether oxygens (including phenoxy) is 1. The van der Waals surface area contributed by atoms with Crippen molar-refractivity contribution in [2.45, 2.75) is 63.5 Å². The molecule has 15 heavy (non-hydrogen) atoms. The third kappa shape index (κ3) is 4.29. The van der Waals surface area contributed by atoms with Crippen LogP contribution in [-0.2, 0) is 4.74 Å². The second-order valence-electron chi connectivity index (χ2n) is 5.01. The lowest BCUT2D eigenvalue weighted by Gasteiger charge is -2.31. The van der Waals surface area contributed by atoms with Crippen molar-refractivity contribution < 1.29 is 4.74 Å². The van der Waals surface area contributed by atoms with Gasteiger partial charge in [-0.1, -0.05) is 0 Å². The predicted octanol–water partition coefficient (Wildman–Crippen LogP) is 2.88. The fourth-order valence-corrected chi connectivity index (χ4v) is 2.79. The lowest BCUT2D eigenvalue weighted by molar-refractivity contribution is -0.00214. The molecular formula is C12H24ClNO. The van der Waals surface area contributed by atoms with Gasteiger partial charge in [-0.15, -0.1) is 12.4 Å². The SMILES string of the molecule is Cl.NC1CCC(CC2CCCCO2)CC1. The molecule has 2 N–H and O–H groups in total. The second-order valence-corrected chi connectivity index (χ2v) is 5.01. The topological polar surface area (TPSA) is 35.2 Å². The average Bonchev–Trinajstić information content (AvgIpc) is 2.23. The minimum Gasteiger partial charge on any atom is -0.378 e. The maximum atomic E-state index is 5.90. The Balaban J connectivity index is 0.00000112. The summed E-state index contributed by atoms with van der Waals surface area (Å²) in [6.07, 6.45) is 10.9. The lowest BCUT2D eigenvalue weighted by atomic mass is 9.82. The van der Waals surface area contributed by atoms with E-state index in [0.29, 0.717) is 12.1 Å². The largest absolute Gasteiger partial charge is 0.378 e. The monoisotopic (exact) mass is 233 g/mol. The highest BCUT2D eigenvalue weighted by molar-refractivity contribution is 5.85. The van der Waals surface area contributed by atoms with Crippen molar-refractivity contribution in [3.8, 4) is 0 Å². The Morgan fingerprint density at radius 3 is 2.33 bits per heavy atom. The summed E-state index contributed by atoms with van der Waals surface area (Å²) < 4.78 is 5.78. The van der Waals surface area contributed by atoms with Crippen LogP contribution in [0.3, 0.4) is 0 Å². The molecule has 0 bridgehead atoms. The highest BCUT2D eigenvalue weighted by Crippen LogP contribution is 2.30. The second kappa shape index (κ2) is 6.72. The van der Waals surface area contributed by atoms with Gasteiger partial charge in [-0.3, -0.25) is 0 Å². The van der Waals surface area contributed by atoms with Crippen molar-refractivity contribution in [2.75, 3.05) is 6.61 Å². The molecule has 0 spiro atoms. The molecule has 1 atom stereocenters. The Morgan fingerprint density at radius 2 is 1.73 bits per heavy atom. The molecule has 3 heteroatoms. The molecule has 0 aromatic heterocycles. The summed E-state index contributed by atoms with van der Waals surface area (Å²) in [5.74, 6) is 0.901. The summed E-state index contributed by atoms with van der Waals surface area (Å²) >= 11 is 0. The van der Waals surface area contributed by atoms with E-state index >= 15 is 0 Å². The van der Waals surface area contributed by atoms with E-state index in [-0.39, 0.29) is 12.4 Å². The molecule has 2 aliphatic rings. The summed E-state index contributed by atoms with van der Waals surface area (Å²) in [4.78, 5) is 0. The Morgan fingerprint density at radius 1 is 1.00 bits per heavy atom. The van der Waals surface area contributed by atoms with Gasteiger partial charge < -0.3 is 10.5 Å². The van der Waals surface area contributed by atoms with E-state index in [1.165, 1.54) is 51.4 Å². The van der Waals surface area contributed by atoms with Gasteiger partial charge in [0.1, 0.15) is 0 Å². The number of hydrogen-bond acceptors (Lipinski definition) is 2. The van der Waals surface area contributed by atoms with Crippen LogP contribution < -0.4 is 5.73 Å². The van der Waals surface area contributed by atoms with Gasteiger partial charge in [0.15, 0.2) is 0 Å². The summed E-state index contributed by atoms with van der Waals surface area (Å²) in [6, 6.07) is 0.485. The fraction of sp³-hybridized carbons (Fsp3) is 1.00. The van der Waals surface area contributed by atoms with Crippen molar-refractivity contribution in [2.24, 2.45) is 11.7 Å². The molecule has 1 heterocycles. The van der Waals surface area contributed by atoms with E-state index in [9.17, 15) is 0 Å². The Bertz CT molecular complexity index is 163.